The van der Waals surface area contributed by atoms with Gasteiger partial charge in [0.1, 0.15) is 52.9 Å². The maximum absolute atomic E-state index is 13.8. The molecule has 2 saturated heterocycles. The molecule has 4 heterocycles. The number of carbonyl (C=O) groups excluding carboxylic acids is 2. The van der Waals surface area contributed by atoms with Crippen molar-refractivity contribution in [2.45, 2.75) is 123 Å². The minimum atomic E-state index is -4.01. The molecular formula is C55H76ClN7O23P2S7. The van der Waals surface area contributed by atoms with Gasteiger partial charge in [-0.2, -0.15) is 9.97 Å². The van der Waals surface area contributed by atoms with E-state index in [1.54, 1.807) is 129 Å². The smallest absolute Gasteiger partial charge is 0.431 e. The first-order valence-electron chi connectivity index (χ1n) is 27.7. The summed E-state index contributed by atoms with van der Waals surface area (Å²) < 4.78 is 73.3. The molecule has 0 aliphatic carbocycles. The van der Waals surface area contributed by atoms with Crippen molar-refractivity contribution in [3.05, 3.63) is 139 Å². The predicted octanol–water partition coefficient (Wildman–Crippen LogP) is 6.43. The molecule has 0 spiro atoms. The number of nitrogens with one attached hydrogen (secondary N) is 2. The highest BCUT2D eigenvalue weighted by Crippen LogP contribution is 2.53. The van der Waals surface area contributed by atoms with E-state index >= 15 is 0 Å². The van der Waals surface area contributed by atoms with Crippen LogP contribution in [0.3, 0.4) is 0 Å². The Bertz CT molecular complexity index is 3760. The number of aliphatic hydroxyl groups is 5. The van der Waals surface area contributed by atoms with Crippen LogP contribution in [0.4, 0.5) is 17.3 Å². The number of hydrogen-bond donors (Lipinski definition) is 7. The Kier molecular flexibility index (Phi) is 35.2. The molecule has 4 unspecified atom stereocenters. The number of nitrogens with zero attached hydrogens (tertiary/aromatic N) is 5. The van der Waals surface area contributed by atoms with Crippen molar-refractivity contribution >= 4 is 123 Å². The van der Waals surface area contributed by atoms with Crippen LogP contribution in [0.1, 0.15) is 75.3 Å². The molecule has 40 heteroatoms. The number of halogens is 1. The summed E-state index contributed by atoms with van der Waals surface area (Å²) in [6, 6.07) is 22.9. The quantitative estimate of drug-likeness (QED) is 0.0143. The van der Waals surface area contributed by atoms with Crippen LogP contribution in [0.25, 0.3) is 0 Å². The van der Waals surface area contributed by atoms with E-state index in [0.717, 1.165) is 15.2 Å². The lowest BCUT2D eigenvalue weighted by Gasteiger charge is -2.27. The van der Waals surface area contributed by atoms with Crippen LogP contribution in [0.15, 0.2) is 113 Å². The van der Waals surface area contributed by atoms with Gasteiger partial charge in [0.05, 0.1) is 73.7 Å². The van der Waals surface area contributed by atoms with E-state index in [1.165, 1.54) is 82.5 Å². The fourth-order valence-corrected chi connectivity index (χ4v) is 20.6. The van der Waals surface area contributed by atoms with Crippen molar-refractivity contribution in [2.75, 3.05) is 50.7 Å². The number of nitro groups is 1. The zero-order valence-electron chi connectivity index (χ0n) is 51.9. The van der Waals surface area contributed by atoms with Crippen molar-refractivity contribution in [2.24, 2.45) is 11.8 Å². The van der Waals surface area contributed by atoms with E-state index in [2.05, 4.69) is 48.1 Å². The van der Waals surface area contributed by atoms with Crippen molar-refractivity contribution in [1.29, 1.82) is 0 Å². The molecule has 2 aliphatic rings. The highest BCUT2D eigenvalue weighted by molar-refractivity contribution is 8.68. The summed E-state index contributed by atoms with van der Waals surface area (Å²) in [7, 11) is 2.15. The number of ether oxygens (including phenoxy) is 4. The Labute approximate surface area is 576 Å². The molecule has 528 valence electrons. The third kappa shape index (κ3) is 25.8. The Morgan fingerprint density at radius 3 is 1.51 bits per heavy atom. The van der Waals surface area contributed by atoms with Crippen LogP contribution in [-0.4, -0.2) is 149 Å². The van der Waals surface area contributed by atoms with Crippen molar-refractivity contribution in [3.8, 4) is 17.2 Å². The van der Waals surface area contributed by atoms with Gasteiger partial charge in [-0.05, 0) is 84.0 Å². The second-order valence-electron chi connectivity index (χ2n) is 21.0. The van der Waals surface area contributed by atoms with Gasteiger partial charge in [-0.25, -0.2) is 29.7 Å². The average Bonchev–Trinajstić information content (AvgIpc) is 1.64. The lowest BCUT2D eigenvalue weighted by atomic mass is 9.96. The van der Waals surface area contributed by atoms with Crippen LogP contribution in [0.5, 0.6) is 17.2 Å². The molecule has 7 rings (SSSR count). The largest absolute Gasteiger partial charge is 0.463 e. The van der Waals surface area contributed by atoms with E-state index in [9.17, 15) is 58.8 Å². The summed E-state index contributed by atoms with van der Waals surface area (Å²) in [6.45, 7) is 11.6. The van der Waals surface area contributed by atoms with Crippen LogP contribution in [0.2, 0.25) is 5.02 Å². The summed E-state index contributed by atoms with van der Waals surface area (Å²) >= 11 is 15.2. The molecule has 30 nitrogen and oxygen atoms in total. The van der Waals surface area contributed by atoms with Crippen molar-refractivity contribution < 1.29 is 95.9 Å². The second-order valence-corrected chi connectivity index (χ2v) is 34.2. The predicted molar refractivity (Wildman–Crippen MR) is 369 cm³/mol. The number of non-ortho nitro benzene ring substituents is 1. The van der Waals surface area contributed by atoms with Gasteiger partial charge < -0.3 is 58.1 Å². The normalized spacial score (nSPS) is 22.0. The molecule has 0 bridgehead atoms. The van der Waals surface area contributed by atoms with Gasteiger partial charge in [0.25, 0.3) is 5.69 Å². The van der Waals surface area contributed by atoms with E-state index in [0.29, 0.717) is 0 Å². The van der Waals surface area contributed by atoms with Gasteiger partial charge in [0.15, 0.2) is 24.1 Å². The SMILES string of the molecule is C.CC(C)OC(=O)[C@H](C)CP(=O)(Oc1ccccc1)Oc1ccc([N+](=O)[O-])cc1Cl.CONc1ccn([C@@H]2O[C@H](CO)[C@H](O)C2(C)O)c(=O)n1.CONc1ccn([C@@H]2O[C@H](COP(=O)(C[C@@H](C)C(=O)OC(C)C)Oc3ccccc3)[C@H](O)C2(C)O)c(=O)n1.S=S=S=S=S=S=S. The van der Waals surface area contributed by atoms with E-state index < -0.39 is 117 Å². The van der Waals surface area contributed by atoms with Crippen LogP contribution >= 0.6 is 26.8 Å². The maximum Gasteiger partial charge on any atom is 0.431 e. The van der Waals surface area contributed by atoms with Gasteiger partial charge in [0, 0.05) is 91.3 Å². The molecular weight excluding hydrogens is 1450 g/mol. The first-order valence-corrected chi connectivity index (χ1v) is 39.6. The monoisotopic (exact) mass is 1520 g/mol. The number of hydrogen-bond acceptors (Lipinski definition) is 29. The molecule has 95 heavy (non-hydrogen) atoms. The van der Waals surface area contributed by atoms with E-state index in [4.69, 9.17) is 58.6 Å². The second kappa shape index (κ2) is 39.9. The number of nitro benzene ring substituents is 1. The van der Waals surface area contributed by atoms with Gasteiger partial charge in [-0.3, -0.25) is 43.0 Å². The Hall–Kier alpha value is -5.35. The van der Waals surface area contributed by atoms with Gasteiger partial charge in [0.2, 0.25) is 0 Å². The van der Waals surface area contributed by atoms with Gasteiger partial charge in [-0.15, -0.1) is 0 Å². The Balaban J connectivity index is 0.000000365. The minimum absolute atomic E-state index is 0. The zero-order valence-corrected chi connectivity index (χ0v) is 60.1. The third-order valence-corrected chi connectivity index (χ3v) is 25.8. The standard InChI is InChI=1S/C24H34N3O10P.C19H21ClNO7P.C11H17N3O6.CH4.S7/c1-15(2)35-21(29)16(3)14-38(32,37-17-9-7-6-8-10-17)34-13-18-20(28)24(4,31)22(36-18)27-12-11-19(26-33-5)25-23(27)30;1-13(2)26-19(22)14(3)12-29(25,27-16-7-5-4-6-8-16)28-18-10-9-15(21(23)24)11-17(18)20;1-11(18)8(16)6(5-15)20-9(11)14-4-3-7(13-19-2)12-10(14)17;;1-3-5-7-6-4-2/h6-12,15-16,18,20,22,28,31H,13-14H2,1-5H3,(H,25,26,30);4-11,13-14H,12H2,1-3H3;3-4,6,8-9,15-16,18H,5H2,1-2H3,(H,12,13,17);1H4;/t16-,18-,20+,22-,24?,38?;14-,29?;6-,8+,9-,11?;;/m111../s1. The number of aromatic nitrogens is 4. The highest BCUT2D eigenvalue weighted by Gasteiger charge is 2.55. The third-order valence-electron chi connectivity index (χ3n) is 12.7. The summed E-state index contributed by atoms with van der Waals surface area (Å²) in [6.07, 6.45) is -6.13. The first kappa shape index (κ1) is 83.9. The number of rotatable bonds is 25. The van der Waals surface area contributed by atoms with Gasteiger partial charge in [-0.1, -0.05) is 69.3 Å². The number of aliphatic hydroxyl groups excluding tert-OH is 3. The molecule has 5 aromatic rings. The molecule has 0 amide bonds. The van der Waals surface area contributed by atoms with E-state index in [-0.39, 0.29) is 71.6 Å². The number of esters is 2. The molecule has 0 radical (unpaired) electrons. The minimum Gasteiger partial charge on any atom is -0.463 e. The summed E-state index contributed by atoms with van der Waals surface area (Å²) in [5, 5.41) is 61.8. The number of para-hydroxylation sites is 2. The summed E-state index contributed by atoms with van der Waals surface area (Å²) in [5.41, 5.74) is -0.553. The van der Waals surface area contributed by atoms with Crippen LogP contribution in [0, 0.1) is 22.0 Å². The molecule has 3 aromatic carbocycles. The molecule has 0 saturated carbocycles. The molecule has 2 aliphatic heterocycles. The highest BCUT2D eigenvalue weighted by atomic mass is 35.5. The van der Waals surface area contributed by atoms with E-state index in [1.807, 2.05) is 0 Å². The maximum atomic E-state index is 13.8. The lowest BCUT2D eigenvalue weighted by molar-refractivity contribution is -0.384. The van der Waals surface area contributed by atoms with Crippen molar-refractivity contribution in [3.63, 3.8) is 0 Å². The first-order chi connectivity index (χ1) is 44.3. The van der Waals surface area contributed by atoms with Crippen molar-refractivity contribution in [1.82, 2.24) is 19.1 Å². The molecule has 12 atom stereocenters. The summed E-state index contributed by atoms with van der Waals surface area (Å²) in [4.78, 5) is 76.1. The van der Waals surface area contributed by atoms with Gasteiger partial charge >= 0.3 is 38.5 Å². The number of benzene rings is 3. The Morgan fingerprint density at radius 2 is 1.13 bits per heavy atom. The topological polar surface area (TPSA) is 399 Å². The zero-order chi connectivity index (χ0) is 70.1. The van der Waals surface area contributed by atoms with Crippen LogP contribution in [-0.2, 0) is 119 Å². The number of carbonyl (C=O) groups is 2. The molecule has 2 aromatic heterocycles. The molecule has 2 fully saturated rings. The number of anilines is 2. The fourth-order valence-electron chi connectivity index (χ4n) is 8.33. The fraction of sp³-hybridized carbons (Fsp3) is 0.491. The lowest BCUT2D eigenvalue weighted by Crippen LogP contribution is -2.46. The Morgan fingerprint density at radius 1 is 0.705 bits per heavy atom. The van der Waals surface area contributed by atoms with Crippen LogP contribution < -0.4 is 35.9 Å². The summed E-state index contributed by atoms with van der Waals surface area (Å²) in [5.74, 6) is -1.93. The average molecular weight is 1530 g/mol. The molecule has 7 N–H and O–H groups in total.